The smallest absolute Gasteiger partial charge is 0.405 e. The van der Waals surface area contributed by atoms with E-state index in [4.69, 9.17) is 8.75 Å². The van der Waals surface area contributed by atoms with Crippen molar-refractivity contribution in [3.8, 4) is 53.3 Å². The molecule has 0 saturated heterocycles. The second-order valence-electron chi connectivity index (χ2n) is 13.5. The molecular weight excluding hydrogens is 811 g/mol. The van der Waals surface area contributed by atoms with Gasteiger partial charge < -0.3 is 18.9 Å². The second-order valence-corrected chi connectivity index (χ2v) is 16.8. The van der Waals surface area contributed by atoms with Crippen LogP contribution in [0.2, 0.25) is 0 Å². The zero-order valence-electron chi connectivity index (χ0n) is 30.5. The molecule has 6 nitrogen and oxygen atoms in total. The normalized spacial score (nSPS) is 12.9. The van der Waals surface area contributed by atoms with Gasteiger partial charge in [-0.15, -0.1) is 49.0 Å². The number of unbranched alkanes of at least 4 members (excludes halogenated alkanes) is 6. The molecule has 0 unspecified atom stereocenters. The Hall–Kier alpha value is -3.99. The third kappa shape index (κ3) is 9.24. The molecule has 0 bridgehead atoms. The van der Waals surface area contributed by atoms with Crippen LogP contribution in [0.3, 0.4) is 0 Å². The van der Waals surface area contributed by atoms with Gasteiger partial charge in [0.2, 0.25) is 0 Å². The van der Waals surface area contributed by atoms with E-state index in [0.29, 0.717) is 46.1 Å². The van der Waals surface area contributed by atoms with Crippen molar-refractivity contribution in [2.75, 3.05) is 9.44 Å². The fourth-order valence-corrected chi connectivity index (χ4v) is 10.2. The molecule has 1 aliphatic rings. The van der Waals surface area contributed by atoms with Crippen molar-refractivity contribution in [1.82, 2.24) is 8.75 Å². The van der Waals surface area contributed by atoms with Crippen LogP contribution in [-0.4, -0.2) is 21.5 Å². The lowest BCUT2D eigenvalue weighted by Crippen LogP contribution is -2.18. The van der Waals surface area contributed by atoms with Crippen LogP contribution in [0.25, 0.3) is 52.8 Å². The van der Waals surface area contributed by atoms with Crippen LogP contribution < -0.4 is 18.9 Å². The molecule has 16 heteroatoms. The van der Waals surface area contributed by atoms with Crippen LogP contribution >= 0.6 is 46.5 Å². The monoisotopic (exact) mass is 848 g/mol. The van der Waals surface area contributed by atoms with Gasteiger partial charge in [0.25, 0.3) is 0 Å². The lowest BCUT2D eigenvalue weighted by molar-refractivity contribution is -0.275. The molecule has 0 fully saturated rings. The summed E-state index contributed by atoms with van der Waals surface area (Å²) in [5.41, 5.74) is 6.75. The van der Waals surface area contributed by atoms with E-state index in [1.54, 1.807) is 12.1 Å². The summed E-state index contributed by atoms with van der Waals surface area (Å²) in [4.78, 5) is 3.22. The lowest BCUT2D eigenvalue weighted by atomic mass is 10.0. The minimum atomic E-state index is -4.81. The summed E-state index contributed by atoms with van der Waals surface area (Å²) >= 11 is 5.21. The summed E-state index contributed by atoms with van der Waals surface area (Å²) in [6.07, 6.45) is -1.11. The van der Waals surface area contributed by atoms with E-state index in [1.165, 1.54) is 46.9 Å². The number of hydrogen-bond acceptors (Lipinski definition) is 10. The zero-order valence-corrected chi connectivity index (χ0v) is 33.7. The Morgan fingerprint density at radius 2 is 0.982 bits per heavy atom. The summed E-state index contributed by atoms with van der Waals surface area (Å²) in [6.45, 7) is 4.17. The van der Waals surface area contributed by atoms with E-state index in [0.717, 1.165) is 105 Å². The molecule has 1 aliphatic heterocycles. The first-order valence-electron chi connectivity index (χ1n) is 18.4. The van der Waals surface area contributed by atoms with Crippen LogP contribution in [0, 0.1) is 0 Å². The number of alkyl halides is 6. The number of halogens is 6. The van der Waals surface area contributed by atoms with E-state index in [-0.39, 0.29) is 11.5 Å². The SMILES string of the molecule is CCCCCCc1ccc(-c2ccc(-c3c4c(c(-c5ccc(-c6ccc(CCCCCC)c(OC(F)(F)F)c6)s5)c5nsnc35)NSN4)s2)cc1OC(F)(F)F. The molecule has 296 valence electrons. The fourth-order valence-electron chi connectivity index (χ4n) is 6.82. The molecule has 4 heterocycles. The third-order valence-corrected chi connectivity index (χ3v) is 12.9. The number of aryl methyl sites for hydroxylation is 2. The Balaban J connectivity index is 1.21. The average molecular weight is 849 g/mol. The van der Waals surface area contributed by atoms with Crippen LogP contribution in [0.1, 0.15) is 76.3 Å². The van der Waals surface area contributed by atoms with Crippen molar-refractivity contribution in [3.63, 3.8) is 0 Å². The molecule has 3 aromatic heterocycles. The number of nitrogens with one attached hydrogen (secondary N) is 2. The molecule has 7 rings (SSSR count). The third-order valence-electron chi connectivity index (χ3n) is 9.48. The number of rotatable bonds is 16. The van der Waals surface area contributed by atoms with Gasteiger partial charge in [0, 0.05) is 30.6 Å². The Morgan fingerprint density at radius 3 is 1.39 bits per heavy atom. The summed E-state index contributed by atoms with van der Waals surface area (Å²) in [6, 6.07) is 17.7. The first-order chi connectivity index (χ1) is 26.9. The maximum absolute atomic E-state index is 13.5. The summed E-state index contributed by atoms with van der Waals surface area (Å²) in [7, 11) is 0. The molecule has 0 radical (unpaired) electrons. The molecule has 0 saturated carbocycles. The quantitative estimate of drug-likeness (QED) is 0.0571. The van der Waals surface area contributed by atoms with Gasteiger partial charge in [-0.1, -0.05) is 76.6 Å². The van der Waals surface area contributed by atoms with E-state index >= 15 is 0 Å². The van der Waals surface area contributed by atoms with Gasteiger partial charge in [0.05, 0.1) is 35.2 Å². The van der Waals surface area contributed by atoms with Crippen LogP contribution in [0.15, 0.2) is 60.7 Å². The number of thiophene rings is 2. The van der Waals surface area contributed by atoms with Gasteiger partial charge in [-0.3, -0.25) is 0 Å². The minimum Gasteiger partial charge on any atom is -0.405 e. The van der Waals surface area contributed by atoms with E-state index < -0.39 is 12.7 Å². The summed E-state index contributed by atoms with van der Waals surface area (Å²) in [5, 5.41) is 0. The van der Waals surface area contributed by atoms with Crippen molar-refractivity contribution in [3.05, 3.63) is 71.8 Å². The van der Waals surface area contributed by atoms with Gasteiger partial charge in [-0.2, -0.15) is 8.75 Å². The van der Waals surface area contributed by atoms with Gasteiger partial charge in [-0.25, -0.2) is 0 Å². The van der Waals surface area contributed by atoms with Gasteiger partial charge in [-0.05, 0) is 84.3 Å². The first-order valence-corrected chi connectivity index (χ1v) is 21.6. The number of hydrogen-bond donors (Lipinski definition) is 2. The van der Waals surface area contributed by atoms with Crippen molar-refractivity contribution in [2.24, 2.45) is 0 Å². The van der Waals surface area contributed by atoms with E-state index in [1.807, 2.05) is 36.4 Å². The van der Waals surface area contributed by atoms with Gasteiger partial charge in [0.15, 0.2) is 0 Å². The Kier molecular flexibility index (Phi) is 12.4. The topological polar surface area (TPSA) is 68.3 Å². The highest BCUT2D eigenvalue weighted by molar-refractivity contribution is 8.02. The van der Waals surface area contributed by atoms with Crippen molar-refractivity contribution in [1.29, 1.82) is 0 Å². The zero-order chi connectivity index (χ0) is 39.5. The summed E-state index contributed by atoms with van der Waals surface area (Å²) < 4.78 is 106. The van der Waals surface area contributed by atoms with Gasteiger partial charge >= 0.3 is 12.7 Å². The maximum atomic E-state index is 13.5. The van der Waals surface area contributed by atoms with E-state index in [2.05, 4.69) is 32.8 Å². The van der Waals surface area contributed by atoms with Crippen molar-refractivity contribution in [2.45, 2.75) is 90.8 Å². The summed E-state index contributed by atoms with van der Waals surface area (Å²) in [5.74, 6) is -0.365. The van der Waals surface area contributed by atoms with Crippen LogP contribution in [-0.2, 0) is 12.8 Å². The molecule has 2 N–H and O–H groups in total. The standard InChI is InChI=1S/C40H38F6N4O2S4/c1-3-5-7-9-11-23-13-15-25(21-27(23)51-39(41,42)43)29-17-19-31(53-29)33-35-37(49-55-47-35)34(38-36(33)48-56-50-38)32-20-18-30(54-32)26-16-14-24(12-10-8-6-4-2)28(22-26)52-40(44,45)46/h13-22,47,49H,3-12H2,1-2H3. The number of fused-ring (bicyclic) bond motifs is 2. The number of anilines is 2. The first kappa shape index (κ1) is 40.2. The molecule has 0 atom stereocenters. The van der Waals surface area contributed by atoms with Gasteiger partial charge in [0.1, 0.15) is 22.5 Å². The van der Waals surface area contributed by atoms with Crippen molar-refractivity contribution < 1.29 is 35.8 Å². The molecule has 0 aliphatic carbocycles. The highest BCUT2D eigenvalue weighted by atomic mass is 32.2. The molecule has 0 spiro atoms. The van der Waals surface area contributed by atoms with E-state index in [9.17, 15) is 26.3 Å². The average Bonchev–Trinajstić information content (AvgIpc) is 3.98. The van der Waals surface area contributed by atoms with Crippen molar-refractivity contribution >= 4 is 68.9 Å². The largest absolute Gasteiger partial charge is 0.573 e. The van der Waals surface area contributed by atoms with Crippen LogP contribution in [0.4, 0.5) is 37.7 Å². The number of ether oxygens (including phenoxy) is 2. The Bertz CT molecular complexity index is 2140. The molecular formula is C40H38F6N4O2S4. The molecule has 56 heavy (non-hydrogen) atoms. The molecule has 6 aromatic rings. The second kappa shape index (κ2) is 17.2. The number of nitrogens with zero attached hydrogens (tertiary/aromatic N) is 2. The lowest BCUT2D eigenvalue weighted by Gasteiger charge is -2.15. The highest BCUT2D eigenvalue weighted by Crippen LogP contribution is 2.54. The predicted octanol–water partition coefficient (Wildman–Crippen LogP) is 14.9. The molecule has 3 aromatic carbocycles. The Labute approximate surface area is 337 Å². The fraction of sp³-hybridized carbons (Fsp3) is 0.350. The van der Waals surface area contributed by atoms with Crippen LogP contribution in [0.5, 0.6) is 11.5 Å². The minimum absolute atomic E-state index is 0.183. The predicted molar refractivity (Wildman–Crippen MR) is 219 cm³/mol. The maximum Gasteiger partial charge on any atom is 0.573 e. The number of aromatic nitrogens is 2. The molecule has 0 amide bonds. The highest BCUT2D eigenvalue weighted by Gasteiger charge is 2.34. The Morgan fingerprint density at radius 1 is 0.554 bits per heavy atom. The number of benzene rings is 3.